The van der Waals surface area contributed by atoms with Gasteiger partial charge in [0.05, 0.1) is 5.56 Å². The Balaban J connectivity index is 3.09. The van der Waals surface area contributed by atoms with Crippen LogP contribution in [-0.2, 0) is 11.6 Å². The fourth-order valence-corrected chi connectivity index (χ4v) is 2.08. The van der Waals surface area contributed by atoms with E-state index in [9.17, 15) is 13.2 Å². The minimum absolute atomic E-state index is 0.204. The zero-order valence-electron chi connectivity index (χ0n) is 10.1. The number of halogens is 3. The highest BCUT2D eigenvalue weighted by Crippen LogP contribution is 2.34. The highest BCUT2D eigenvalue weighted by Gasteiger charge is 2.32. The van der Waals surface area contributed by atoms with Gasteiger partial charge in [-0.1, -0.05) is 26.0 Å². The van der Waals surface area contributed by atoms with Crippen LogP contribution < -0.4 is 5.73 Å². The predicted molar refractivity (Wildman–Crippen MR) is 62.8 cm³/mol. The SMILES string of the molecule is CCC(CC)(CN)c1ccc(C(F)(F)F)cc1. The van der Waals surface area contributed by atoms with Gasteiger partial charge in [0, 0.05) is 12.0 Å². The Morgan fingerprint density at radius 1 is 0.941 bits per heavy atom. The molecule has 0 aromatic heterocycles. The van der Waals surface area contributed by atoms with Crippen LogP contribution in [0.5, 0.6) is 0 Å². The molecule has 1 nitrogen and oxygen atoms in total. The maximum Gasteiger partial charge on any atom is 0.416 e. The summed E-state index contributed by atoms with van der Waals surface area (Å²) in [5, 5.41) is 0. The van der Waals surface area contributed by atoms with Crippen molar-refractivity contribution >= 4 is 0 Å². The van der Waals surface area contributed by atoms with Crippen molar-refractivity contribution in [3.05, 3.63) is 35.4 Å². The second kappa shape index (κ2) is 5.08. The normalized spacial score (nSPS) is 12.8. The fourth-order valence-electron chi connectivity index (χ4n) is 2.08. The van der Waals surface area contributed by atoms with Crippen molar-refractivity contribution in [2.75, 3.05) is 6.54 Å². The van der Waals surface area contributed by atoms with Crippen LogP contribution in [0.2, 0.25) is 0 Å². The lowest BCUT2D eigenvalue weighted by Gasteiger charge is -2.31. The van der Waals surface area contributed by atoms with Crippen LogP contribution in [0.3, 0.4) is 0 Å². The smallest absolute Gasteiger partial charge is 0.330 e. The van der Waals surface area contributed by atoms with Gasteiger partial charge in [-0.25, -0.2) is 0 Å². The second-order valence-electron chi connectivity index (χ2n) is 4.27. The summed E-state index contributed by atoms with van der Waals surface area (Å²) in [5.74, 6) is 0. The lowest BCUT2D eigenvalue weighted by molar-refractivity contribution is -0.137. The largest absolute Gasteiger partial charge is 0.416 e. The van der Waals surface area contributed by atoms with E-state index in [1.165, 1.54) is 0 Å². The molecule has 17 heavy (non-hydrogen) atoms. The molecule has 0 bridgehead atoms. The van der Waals surface area contributed by atoms with E-state index in [-0.39, 0.29) is 5.41 Å². The molecule has 2 N–H and O–H groups in total. The quantitative estimate of drug-likeness (QED) is 0.859. The fraction of sp³-hybridized carbons (Fsp3) is 0.538. The maximum absolute atomic E-state index is 12.4. The third-order valence-electron chi connectivity index (χ3n) is 3.57. The molecule has 0 spiro atoms. The number of hydrogen-bond donors (Lipinski definition) is 1. The van der Waals surface area contributed by atoms with Gasteiger partial charge in [-0.05, 0) is 30.5 Å². The molecule has 0 aliphatic carbocycles. The Kier molecular flexibility index (Phi) is 4.20. The van der Waals surface area contributed by atoms with Gasteiger partial charge in [0.2, 0.25) is 0 Å². The van der Waals surface area contributed by atoms with Crippen LogP contribution in [0.25, 0.3) is 0 Å². The van der Waals surface area contributed by atoms with Gasteiger partial charge < -0.3 is 5.73 Å². The summed E-state index contributed by atoms with van der Waals surface area (Å²) < 4.78 is 37.3. The third-order valence-corrected chi connectivity index (χ3v) is 3.57. The van der Waals surface area contributed by atoms with Crippen molar-refractivity contribution in [2.45, 2.75) is 38.3 Å². The molecule has 0 radical (unpaired) electrons. The molecule has 0 unspecified atom stereocenters. The predicted octanol–water partition coefficient (Wildman–Crippen LogP) is 3.72. The lowest BCUT2D eigenvalue weighted by Crippen LogP contribution is -2.33. The summed E-state index contributed by atoms with van der Waals surface area (Å²) in [6.07, 6.45) is -2.63. The standard InChI is InChI=1S/C13H18F3N/c1-3-12(4-2,9-17)10-5-7-11(8-6-10)13(14,15)16/h5-8H,3-4,9,17H2,1-2H3. The highest BCUT2D eigenvalue weighted by molar-refractivity contribution is 5.30. The van der Waals surface area contributed by atoms with Crippen LogP contribution in [0.15, 0.2) is 24.3 Å². The van der Waals surface area contributed by atoms with Gasteiger partial charge in [-0.2, -0.15) is 13.2 Å². The van der Waals surface area contributed by atoms with E-state index in [1.54, 1.807) is 12.1 Å². The van der Waals surface area contributed by atoms with Gasteiger partial charge in [-0.15, -0.1) is 0 Å². The van der Waals surface area contributed by atoms with E-state index in [0.717, 1.165) is 30.5 Å². The van der Waals surface area contributed by atoms with E-state index in [4.69, 9.17) is 5.73 Å². The number of rotatable bonds is 4. The minimum Gasteiger partial charge on any atom is -0.330 e. The summed E-state index contributed by atoms with van der Waals surface area (Å²) in [7, 11) is 0. The van der Waals surface area contributed by atoms with E-state index < -0.39 is 11.7 Å². The zero-order chi connectivity index (χ0) is 13.1. The van der Waals surface area contributed by atoms with E-state index in [1.807, 2.05) is 13.8 Å². The summed E-state index contributed by atoms with van der Waals surface area (Å²) in [6.45, 7) is 4.47. The molecule has 0 heterocycles. The molecule has 0 atom stereocenters. The van der Waals surface area contributed by atoms with Gasteiger partial charge in [-0.3, -0.25) is 0 Å². The average Bonchev–Trinajstić information content (AvgIpc) is 2.32. The molecule has 0 saturated heterocycles. The topological polar surface area (TPSA) is 26.0 Å². The Morgan fingerprint density at radius 3 is 1.65 bits per heavy atom. The Bertz CT molecular complexity index is 342. The first-order valence-electron chi connectivity index (χ1n) is 5.77. The molecular weight excluding hydrogens is 227 g/mol. The Labute approximate surface area is 99.8 Å². The molecule has 0 saturated carbocycles. The van der Waals surface area contributed by atoms with E-state index >= 15 is 0 Å². The first-order valence-corrected chi connectivity index (χ1v) is 5.77. The number of nitrogens with two attached hydrogens (primary N) is 1. The van der Waals surface area contributed by atoms with E-state index in [0.29, 0.717) is 6.54 Å². The van der Waals surface area contributed by atoms with Crippen molar-refractivity contribution < 1.29 is 13.2 Å². The molecule has 4 heteroatoms. The average molecular weight is 245 g/mol. The lowest BCUT2D eigenvalue weighted by atomic mass is 9.76. The molecule has 0 amide bonds. The molecule has 96 valence electrons. The van der Waals surface area contributed by atoms with Crippen molar-refractivity contribution in [2.24, 2.45) is 5.73 Å². The summed E-state index contributed by atoms with van der Waals surface area (Å²) in [6, 6.07) is 5.35. The molecular formula is C13H18F3N. The summed E-state index contributed by atoms with van der Waals surface area (Å²) >= 11 is 0. The Morgan fingerprint density at radius 2 is 1.35 bits per heavy atom. The number of hydrogen-bond acceptors (Lipinski definition) is 1. The van der Waals surface area contributed by atoms with Gasteiger partial charge in [0.15, 0.2) is 0 Å². The van der Waals surface area contributed by atoms with Crippen LogP contribution in [0, 0.1) is 0 Å². The molecule has 1 aromatic rings. The molecule has 0 aliphatic rings. The first-order chi connectivity index (χ1) is 7.89. The minimum atomic E-state index is -4.28. The van der Waals surface area contributed by atoms with Crippen molar-refractivity contribution in [1.82, 2.24) is 0 Å². The zero-order valence-corrected chi connectivity index (χ0v) is 10.1. The summed E-state index contributed by atoms with van der Waals surface area (Å²) in [5.41, 5.74) is 5.83. The Hall–Kier alpha value is -1.03. The van der Waals surface area contributed by atoms with Crippen molar-refractivity contribution in [3.8, 4) is 0 Å². The molecule has 0 aliphatic heterocycles. The van der Waals surface area contributed by atoms with Gasteiger partial charge in [0.25, 0.3) is 0 Å². The molecule has 1 aromatic carbocycles. The van der Waals surface area contributed by atoms with Gasteiger partial charge >= 0.3 is 6.18 Å². The number of benzene rings is 1. The second-order valence-corrected chi connectivity index (χ2v) is 4.27. The maximum atomic E-state index is 12.4. The van der Waals surface area contributed by atoms with Crippen LogP contribution in [0.1, 0.15) is 37.8 Å². The van der Waals surface area contributed by atoms with Crippen LogP contribution in [0.4, 0.5) is 13.2 Å². The van der Waals surface area contributed by atoms with Crippen molar-refractivity contribution in [3.63, 3.8) is 0 Å². The first kappa shape index (κ1) is 14.0. The third kappa shape index (κ3) is 2.80. The van der Waals surface area contributed by atoms with Crippen molar-refractivity contribution in [1.29, 1.82) is 0 Å². The molecule has 0 fully saturated rings. The van der Waals surface area contributed by atoms with Crippen LogP contribution in [-0.4, -0.2) is 6.54 Å². The summed E-state index contributed by atoms with van der Waals surface area (Å²) in [4.78, 5) is 0. The van der Waals surface area contributed by atoms with Crippen LogP contribution >= 0.6 is 0 Å². The van der Waals surface area contributed by atoms with E-state index in [2.05, 4.69) is 0 Å². The molecule has 1 rings (SSSR count). The highest BCUT2D eigenvalue weighted by atomic mass is 19.4. The van der Waals surface area contributed by atoms with Gasteiger partial charge in [0.1, 0.15) is 0 Å². The number of alkyl halides is 3. The monoisotopic (exact) mass is 245 g/mol.